The first-order valence-electron chi connectivity index (χ1n) is 9.38. The molecule has 10 heteroatoms. The average molecular weight is 430 g/mol. The zero-order valence-corrected chi connectivity index (χ0v) is 16.9. The minimum Gasteiger partial charge on any atom is -0.324 e. The number of hydrogen-bond donors (Lipinski definition) is 2. The van der Waals surface area contributed by atoms with E-state index in [9.17, 15) is 18.0 Å². The summed E-state index contributed by atoms with van der Waals surface area (Å²) in [7, 11) is 1.91. The number of pyridine rings is 1. The van der Waals surface area contributed by atoms with Crippen molar-refractivity contribution in [1.29, 1.82) is 0 Å². The number of likely N-dealkylation sites (N-methyl/N-ethyl adjacent to an activating group) is 1. The van der Waals surface area contributed by atoms with Crippen LogP contribution in [0.15, 0.2) is 64.6 Å². The van der Waals surface area contributed by atoms with Crippen LogP contribution in [0.3, 0.4) is 0 Å². The van der Waals surface area contributed by atoms with E-state index < -0.39 is 17.6 Å². The van der Waals surface area contributed by atoms with Crippen molar-refractivity contribution >= 4 is 24.0 Å². The number of rotatable bonds is 6. The topological polar surface area (TPSA) is 82.0 Å². The molecule has 0 bridgehead atoms. The lowest BCUT2D eigenvalue weighted by Crippen LogP contribution is -2.24. The summed E-state index contributed by atoms with van der Waals surface area (Å²) >= 11 is 0. The van der Waals surface area contributed by atoms with Gasteiger partial charge in [-0.1, -0.05) is 12.1 Å². The minimum absolute atomic E-state index is 0.177. The Labute approximate surface area is 177 Å². The third-order valence-corrected chi connectivity index (χ3v) is 4.42. The first-order chi connectivity index (χ1) is 14.7. The Bertz CT molecular complexity index is 1030. The number of benzene rings is 1. The number of anilines is 1. The van der Waals surface area contributed by atoms with Crippen LogP contribution >= 0.6 is 0 Å². The van der Waals surface area contributed by atoms with E-state index in [1.54, 1.807) is 36.8 Å². The number of hydrazine groups is 1. The summed E-state index contributed by atoms with van der Waals surface area (Å²) in [6.07, 6.45) is 2.21. The van der Waals surface area contributed by atoms with Gasteiger partial charge < -0.3 is 10.7 Å². The van der Waals surface area contributed by atoms with Crippen molar-refractivity contribution in [3.05, 3.63) is 71.3 Å². The average Bonchev–Trinajstić information content (AvgIpc) is 3.15. The number of aromatic nitrogens is 1. The lowest BCUT2D eigenvalue weighted by Gasteiger charge is -2.11. The van der Waals surface area contributed by atoms with Gasteiger partial charge in [0.05, 0.1) is 29.4 Å². The van der Waals surface area contributed by atoms with Crippen LogP contribution in [-0.2, 0) is 6.18 Å². The highest BCUT2D eigenvalue weighted by Gasteiger charge is 2.31. The predicted molar refractivity (Wildman–Crippen MR) is 113 cm³/mol. The molecule has 2 N–H and O–H groups in total. The number of nitrogens with zero attached hydrogens (tertiary/aromatic N) is 4. The number of halogens is 3. The Morgan fingerprint density at radius 1 is 1.29 bits per heavy atom. The van der Waals surface area contributed by atoms with Crippen LogP contribution in [0.1, 0.15) is 34.5 Å². The van der Waals surface area contributed by atoms with Gasteiger partial charge in [0.25, 0.3) is 5.91 Å². The molecule has 2 heterocycles. The van der Waals surface area contributed by atoms with Crippen molar-refractivity contribution in [2.45, 2.75) is 19.1 Å². The van der Waals surface area contributed by atoms with Crippen molar-refractivity contribution in [3.63, 3.8) is 0 Å². The summed E-state index contributed by atoms with van der Waals surface area (Å²) < 4.78 is 38.5. The number of carbonyl (C=O) groups is 1. The van der Waals surface area contributed by atoms with Crippen molar-refractivity contribution in [3.8, 4) is 0 Å². The second-order valence-corrected chi connectivity index (χ2v) is 6.91. The molecule has 1 atom stereocenters. The van der Waals surface area contributed by atoms with Crippen molar-refractivity contribution in [2.75, 3.05) is 18.9 Å². The van der Waals surface area contributed by atoms with Crippen LogP contribution in [0.25, 0.3) is 0 Å². The number of amides is 1. The molecule has 31 heavy (non-hydrogen) atoms. The summed E-state index contributed by atoms with van der Waals surface area (Å²) in [6.45, 7) is 2.58. The molecule has 1 amide bonds. The Balaban J connectivity index is 1.64. The van der Waals surface area contributed by atoms with Crippen molar-refractivity contribution < 1.29 is 18.0 Å². The first kappa shape index (κ1) is 22.2. The molecule has 0 spiro atoms. The van der Waals surface area contributed by atoms with Gasteiger partial charge >= 0.3 is 6.18 Å². The Hall–Kier alpha value is -3.53. The number of hydrogen-bond acceptors (Lipinski definition) is 6. The highest BCUT2D eigenvalue weighted by Crippen LogP contribution is 2.29. The van der Waals surface area contributed by atoms with Crippen LogP contribution in [0.2, 0.25) is 0 Å². The molecule has 0 radical (unpaired) electrons. The third-order valence-electron chi connectivity index (χ3n) is 4.42. The molecular formula is C21H21F3N6O. The second-order valence-electron chi connectivity index (χ2n) is 6.91. The van der Waals surface area contributed by atoms with Gasteiger partial charge in [-0.25, -0.2) is 5.01 Å². The number of aliphatic imine (C=N–C) groups is 2. The fourth-order valence-electron chi connectivity index (χ4n) is 2.78. The van der Waals surface area contributed by atoms with Gasteiger partial charge in [0.15, 0.2) is 0 Å². The van der Waals surface area contributed by atoms with Crippen LogP contribution in [0.5, 0.6) is 0 Å². The lowest BCUT2D eigenvalue weighted by atomic mass is 10.1. The van der Waals surface area contributed by atoms with Gasteiger partial charge in [0.2, 0.25) is 0 Å². The SMILES string of the molecule is CC(N=CC=NC1=CNN(C)C1)c1cccc(NC(=O)c2cncc(C(F)(F)F)c2)c1. The highest BCUT2D eigenvalue weighted by atomic mass is 19.4. The molecule has 0 saturated heterocycles. The van der Waals surface area contributed by atoms with Gasteiger partial charge in [-0.3, -0.25) is 19.8 Å². The number of nitrogens with one attached hydrogen (secondary N) is 2. The van der Waals surface area contributed by atoms with E-state index in [2.05, 4.69) is 25.7 Å². The third kappa shape index (κ3) is 6.22. The summed E-state index contributed by atoms with van der Waals surface area (Å²) in [5.74, 6) is -0.678. The van der Waals surface area contributed by atoms with Gasteiger partial charge in [0, 0.05) is 43.8 Å². The molecule has 1 aliphatic rings. The summed E-state index contributed by atoms with van der Waals surface area (Å²) in [5.41, 5.74) is 4.01. The zero-order chi connectivity index (χ0) is 22.4. The summed E-state index contributed by atoms with van der Waals surface area (Å²) in [4.78, 5) is 24.6. The van der Waals surface area contributed by atoms with Gasteiger partial charge in [-0.2, -0.15) is 13.2 Å². The van der Waals surface area contributed by atoms with Gasteiger partial charge in [-0.15, -0.1) is 0 Å². The van der Waals surface area contributed by atoms with E-state index in [1.165, 1.54) is 0 Å². The molecule has 162 valence electrons. The molecule has 0 saturated carbocycles. The largest absolute Gasteiger partial charge is 0.417 e. The quantitative estimate of drug-likeness (QED) is 0.683. The maximum absolute atomic E-state index is 12.8. The molecule has 3 rings (SSSR count). The van der Waals surface area contributed by atoms with E-state index in [-0.39, 0.29) is 11.6 Å². The first-order valence-corrected chi connectivity index (χ1v) is 9.38. The smallest absolute Gasteiger partial charge is 0.324 e. The Morgan fingerprint density at radius 2 is 2.10 bits per heavy atom. The van der Waals surface area contributed by atoms with Crippen LogP contribution in [0.4, 0.5) is 18.9 Å². The normalized spacial score (nSPS) is 15.8. The predicted octanol–water partition coefficient (Wildman–Crippen LogP) is 3.85. The van der Waals surface area contributed by atoms with E-state index in [4.69, 9.17) is 0 Å². The summed E-state index contributed by atoms with van der Waals surface area (Å²) in [5, 5.41) is 4.49. The molecule has 7 nitrogen and oxygen atoms in total. The maximum Gasteiger partial charge on any atom is 0.417 e. The molecule has 1 aliphatic heterocycles. The Morgan fingerprint density at radius 3 is 2.81 bits per heavy atom. The molecule has 0 fully saturated rings. The monoisotopic (exact) mass is 430 g/mol. The minimum atomic E-state index is -4.57. The molecule has 1 aromatic carbocycles. The number of alkyl halides is 3. The lowest BCUT2D eigenvalue weighted by molar-refractivity contribution is -0.137. The number of carbonyl (C=O) groups excluding carboxylic acids is 1. The summed E-state index contributed by atoms with van der Waals surface area (Å²) in [6, 6.07) is 7.51. The fraction of sp³-hybridized carbons (Fsp3) is 0.238. The van der Waals surface area contributed by atoms with E-state index >= 15 is 0 Å². The van der Waals surface area contributed by atoms with Gasteiger partial charge in [-0.05, 0) is 30.7 Å². The van der Waals surface area contributed by atoms with Crippen LogP contribution in [0, 0.1) is 0 Å². The van der Waals surface area contributed by atoms with E-state index in [0.29, 0.717) is 18.4 Å². The standard InChI is InChI=1S/C21H21F3N6O/c1-14(26-6-7-27-19-12-28-30(2)13-19)15-4-3-5-18(9-15)29-20(31)16-8-17(11-25-10-16)21(22,23)24/h3-12,14,28H,13H2,1-2H3,(H,29,31). The molecule has 0 aliphatic carbocycles. The molecule has 1 unspecified atom stereocenters. The zero-order valence-electron chi connectivity index (χ0n) is 16.9. The molecule has 2 aromatic rings. The van der Waals surface area contributed by atoms with Crippen LogP contribution in [-0.4, -0.2) is 41.9 Å². The molecular weight excluding hydrogens is 409 g/mol. The Kier molecular flexibility index (Phi) is 6.81. The molecule has 1 aromatic heterocycles. The maximum atomic E-state index is 12.8. The van der Waals surface area contributed by atoms with Gasteiger partial charge in [0.1, 0.15) is 0 Å². The fourth-order valence-corrected chi connectivity index (χ4v) is 2.78. The van der Waals surface area contributed by atoms with Crippen molar-refractivity contribution in [2.24, 2.45) is 9.98 Å². The highest BCUT2D eigenvalue weighted by molar-refractivity contribution is 6.16. The van der Waals surface area contributed by atoms with E-state index in [0.717, 1.165) is 23.5 Å². The second kappa shape index (κ2) is 9.52. The van der Waals surface area contributed by atoms with Crippen LogP contribution < -0.4 is 10.7 Å². The van der Waals surface area contributed by atoms with Crippen molar-refractivity contribution in [1.82, 2.24) is 15.4 Å². The van der Waals surface area contributed by atoms with E-state index in [1.807, 2.05) is 25.0 Å².